The molecule has 0 spiro atoms. The highest BCUT2D eigenvalue weighted by Gasteiger charge is 2.21. The average molecular weight is 447 g/mol. The maximum atomic E-state index is 12.4. The maximum Gasteiger partial charge on any atom is 0.269 e. The molecule has 3 aromatic rings. The number of hydrogen-bond acceptors (Lipinski definition) is 7. The van der Waals surface area contributed by atoms with Gasteiger partial charge in [0, 0.05) is 12.1 Å². The molecule has 0 aliphatic heterocycles. The van der Waals surface area contributed by atoms with Crippen LogP contribution in [0.1, 0.15) is 27.0 Å². The van der Waals surface area contributed by atoms with Gasteiger partial charge in [0.05, 0.1) is 0 Å². The maximum absolute atomic E-state index is 12.4. The lowest BCUT2D eigenvalue weighted by Gasteiger charge is -2.10. The summed E-state index contributed by atoms with van der Waals surface area (Å²) in [7, 11) is -3.85. The van der Waals surface area contributed by atoms with Crippen molar-refractivity contribution in [3.8, 4) is 5.75 Å². The van der Waals surface area contributed by atoms with Crippen LogP contribution < -0.4 is 14.8 Å². The number of amides is 1. The van der Waals surface area contributed by atoms with Crippen molar-refractivity contribution in [2.24, 2.45) is 0 Å². The number of nitrogens with zero attached hydrogens (tertiary/aromatic N) is 2. The van der Waals surface area contributed by atoms with Gasteiger partial charge in [-0.1, -0.05) is 46.7 Å². The Morgan fingerprint density at radius 3 is 2.57 bits per heavy atom. The highest BCUT2D eigenvalue weighted by Crippen LogP contribution is 2.21. The van der Waals surface area contributed by atoms with Gasteiger partial charge in [0.1, 0.15) is 12.4 Å². The normalized spacial score (nSPS) is 11.3. The first-order valence-electron chi connectivity index (χ1n) is 9.16. The number of benzene rings is 2. The summed E-state index contributed by atoms with van der Waals surface area (Å²) in [5, 5.41) is 10.1. The standard InChI is InChI=1S/C20H22N4O4S2/c1-13-5-4-6-16(12-13)18(25)22-19-23-24-20(29-19)30(26,27)21-9-10-28-17-8-7-14(2)11-15(17)3/h4-8,11-12,21H,9-10H2,1-3H3,(H,22,23,25). The lowest BCUT2D eigenvalue weighted by Crippen LogP contribution is -2.28. The summed E-state index contributed by atoms with van der Waals surface area (Å²) in [5.74, 6) is 0.325. The quantitative estimate of drug-likeness (QED) is 0.406. The van der Waals surface area contributed by atoms with Crippen molar-refractivity contribution in [3.05, 3.63) is 64.7 Å². The Hall–Kier alpha value is -2.82. The zero-order valence-electron chi connectivity index (χ0n) is 16.8. The molecule has 158 valence electrons. The monoisotopic (exact) mass is 446 g/mol. The Labute approximate surface area is 179 Å². The van der Waals surface area contributed by atoms with Gasteiger partial charge in [0.25, 0.3) is 15.9 Å². The van der Waals surface area contributed by atoms with E-state index in [4.69, 9.17) is 4.74 Å². The van der Waals surface area contributed by atoms with Gasteiger partial charge in [-0.15, -0.1) is 10.2 Å². The number of carbonyl (C=O) groups excluding carboxylic acids is 1. The molecule has 0 saturated carbocycles. The van der Waals surface area contributed by atoms with Crippen LogP contribution in [0.15, 0.2) is 46.8 Å². The zero-order valence-corrected chi connectivity index (χ0v) is 18.4. The van der Waals surface area contributed by atoms with E-state index in [1.165, 1.54) is 0 Å². The number of anilines is 1. The minimum absolute atomic E-state index is 0.0697. The minimum Gasteiger partial charge on any atom is -0.492 e. The summed E-state index contributed by atoms with van der Waals surface area (Å²) in [6.07, 6.45) is 0. The lowest BCUT2D eigenvalue weighted by atomic mass is 10.1. The summed E-state index contributed by atoms with van der Waals surface area (Å²) < 4.78 is 32.6. The van der Waals surface area contributed by atoms with Crippen molar-refractivity contribution < 1.29 is 17.9 Å². The Kier molecular flexibility index (Phi) is 6.80. The molecule has 0 radical (unpaired) electrons. The summed E-state index contributed by atoms with van der Waals surface area (Å²) in [6.45, 7) is 6.03. The number of aromatic nitrogens is 2. The van der Waals surface area contributed by atoms with Crippen LogP contribution in [0.4, 0.5) is 5.13 Å². The largest absolute Gasteiger partial charge is 0.492 e. The molecule has 10 heteroatoms. The fraction of sp³-hybridized carbons (Fsp3) is 0.250. The first-order chi connectivity index (χ1) is 14.2. The fourth-order valence-electron chi connectivity index (χ4n) is 2.68. The second kappa shape index (κ2) is 9.33. The van der Waals surface area contributed by atoms with Crippen molar-refractivity contribution in [1.82, 2.24) is 14.9 Å². The van der Waals surface area contributed by atoms with Gasteiger partial charge in [-0.2, -0.15) is 0 Å². The second-order valence-electron chi connectivity index (χ2n) is 6.71. The van der Waals surface area contributed by atoms with E-state index in [0.29, 0.717) is 11.3 Å². The summed E-state index contributed by atoms with van der Waals surface area (Å²) in [4.78, 5) is 12.3. The summed E-state index contributed by atoms with van der Waals surface area (Å²) in [5.41, 5.74) is 3.50. The number of carbonyl (C=O) groups is 1. The van der Waals surface area contributed by atoms with E-state index in [2.05, 4.69) is 20.2 Å². The number of ether oxygens (including phenoxy) is 1. The Morgan fingerprint density at radius 2 is 1.83 bits per heavy atom. The molecule has 0 bridgehead atoms. The first-order valence-corrected chi connectivity index (χ1v) is 11.5. The van der Waals surface area contributed by atoms with E-state index in [9.17, 15) is 13.2 Å². The highest BCUT2D eigenvalue weighted by atomic mass is 32.2. The van der Waals surface area contributed by atoms with E-state index >= 15 is 0 Å². The first kappa shape index (κ1) is 21.9. The van der Waals surface area contributed by atoms with Gasteiger partial charge in [-0.3, -0.25) is 10.1 Å². The molecule has 0 aliphatic carbocycles. The molecule has 0 fully saturated rings. The third-order valence-corrected chi connectivity index (χ3v) is 6.79. The number of rotatable bonds is 8. The van der Waals surface area contributed by atoms with E-state index in [0.717, 1.165) is 28.0 Å². The minimum atomic E-state index is -3.85. The van der Waals surface area contributed by atoms with Crippen LogP contribution in [-0.2, 0) is 10.0 Å². The van der Waals surface area contributed by atoms with Crippen LogP contribution in [0.2, 0.25) is 0 Å². The smallest absolute Gasteiger partial charge is 0.269 e. The van der Waals surface area contributed by atoms with Gasteiger partial charge in [-0.25, -0.2) is 13.1 Å². The number of aryl methyl sites for hydroxylation is 3. The van der Waals surface area contributed by atoms with Gasteiger partial charge < -0.3 is 4.74 Å². The SMILES string of the molecule is Cc1cccc(C(=O)Nc2nnc(S(=O)(=O)NCCOc3ccc(C)cc3C)s2)c1. The molecule has 0 atom stereocenters. The summed E-state index contributed by atoms with van der Waals surface area (Å²) in [6, 6.07) is 12.8. The lowest BCUT2D eigenvalue weighted by molar-refractivity contribution is 0.102. The van der Waals surface area contributed by atoms with Crippen molar-refractivity contribution in [2.45, 2.75) is 25.1 Å². The predicted molar refractivity (Wildman–Crippen MR) is 116 cm³/mol. The zero-order chi connectivity index (χ0) is 21.7. The average Bonchev–Trinajstić information content (AvgIpc) is 3.16. The van der Waals surface area contributed by atoms with Crippen LogP contribution in [0.3, 0.4) is 0 Å². The topological polar surface area (TPSA) is 110 Å². The molecule has 1 amide bonds. The van der Waals surface area contributed by atoms with Crippen molar-refractivity contribution in [3.63, 3.8) is 0 Å². The van der Waals surface area contributed by atoms with Crippen LogP contribution in [0.25, 0.3) is 0 Å². The van der Waals surface area contributed by atoms with E-state index in [1.54, 1.807) is 18.2 Å². The van der Waals surface area contributed by atoms with Crippen molar-refractivity contribution in [2.75, 3.05) is 18.5 Å². The molecule has 1 heterocycles. The van der Waals surface area contributed by atoms with Crippen LogP contribution >= 0.6 is 11.3 Å². The van der Waals surface area contributed by atoms with Crippen molar-refractivity contribution in [1.29, 1.82) is 0 Å². The van der Waals surface area contributed by atoms with Gasteiger partial charge in [0.15, 0.2) is 0 Å². The number of hydrogen-bond donors (Lipinski definition) is 2. The Bertz CT molecular complexity index is 1160. The Balaban J connectivity index is 1.55. The Morgan fingerprint density at radius 1 is 1.07 bits per heavy atom. The molecule has 0 saturated heterocycles. The molecular formula is C20H22N4O4S2. The molecule has 8 nitrogen and oxygen atoms in total. The molecule has 1 aromatic heterocycles. The van der Waals surface area contributed by atoms with Crippen molar-refractivity contribution >= 4 is 32.4 Å². The van der Waals surface area contributed by atoms with Gasteiger partial charge >= 0.3 is 0 Å². The third-order valence-electron chi connectivity index (χ3n) is 4.12. The molecule has 30 heavy (non-hydrogen) atoms. The second-order valence-corrected chi connectivity index (χ2v) is 9.63. The van der Waals surface area contributed by atoms with Gasteiger partial charge in [0.2, 0.25) is 9.47 Å². The molecule has 2 N–H and O–H groups in total. The van der Waals surface area contributed by atoms with Gasteiger partial charge in [-0.05, 0) is 44.5 Å². The predicted octanol–water partition coefficient (Wildman–Crippen LogP) is 3.07. The summed E-state index contributed by atoms with van der Waals surface area (Å²) >= 11 is 0.780. The highest BCUT2D eigenvalue weighted by molar-refractivity contribution is 7.91. The molecule has 3 rings (SSSR count). The fourth-order valence-corrected chi connectivity index (χ4v) is 4.63. The third kappa shape index (κ3) is 5.62. The number of sulfonamides is 1. The van der Waals surface area contributed by atoms with E-state index in [1.807, 2.05) is 45.0 Å². The molecule has 0 unspecified atom stereocenters. The van der Waals surface area contributed by atoms with Crippen LogP contribution in [-0.4, -0.2) is 37.7 Å². The van der Waals surface area contributed by atoms with Crippen LogP contribution in [0, 0.1) is 20.8 Å². The molecular weight excluding hydrogens is 424 g/mol. The van der Waals surface area contributed by atoms with E-state index in [-0.39, 0.29) is 28.5 Å². The van der Waals surface area contributed by atoms with Crippen LogP contribution in [0.5, 0.6) is 5.75 Å². The molecule has 2 aromatic carbocycles. The van der Waals surface area contributed by atoms with E-state index < -0.39 is 10.0 Å². The molecule has 0 aliphatic rings. The number of nitrogens with one attached hydrogen (secondary N) is 2.